The van der Waals surface area contributed by atoms with E-state index in [1.807, 2.05) is 42.3 Å². The molecule has 5 nitrogen and oxygen atoms in total. The Morgan fingerprint density at radius 2 is 1.84 bits per heavy atom. The summed E-state index contributed by atoms with van der Waals surface area (Å²) in [5.74, 6) is 0.0331. The van der Waals surface area contributed by atoms with Crippen molar-refractivity contribution >= 4 is 11.6 Å². The first kappa shape index (κ1) is 17.4. The molecule has 1 fully saturated rings. The average molecular weight is 338 g/mol. The van der Waals surface area contributed by atoms with Gasteiger partial charge >= 0.3 is 0 Å². The lowest BCUT2D eigenvalue weighted by molar-refractivity contribution is 0.0637. The molecule has 1 aromatic heterocycles. The van der Waals surface area contributed by atoms with Gasteiger partial charge in [-0.05, 0) is 24.2 Å². The Bertz CT molecular complexity index is 696. The van der Waals surface area contributed by atoms with Gasteiger partial charge in [-0.25, -0.2) is 0 Å². The SMILES string of the molecule is CCN1CCN(C(=O)c2cc(N(C)Cc3ccccc3)ccn2)CC1. The van der Waals surface area contributed by atoms with Crippen LogP contribution in [0.1, 0.15) is 23.0 Å². The summed E-state index contributed by atoms with van der Waals surface area (Å²) in [6.45, 7) is 7.43. The quantitative estimate of drug-likeness (QED) is 0.840. The Hall–Kier alpha value is -2.40. The van der Waals surface area contributed by atoms with Crippen LogP contribution in [-0.2, 0) is 6.54 Å². The van der Waals surface area contributed by atoms with Gasteiger partial charge in [-0.1, -0.05) is 37.3 Å². The van der Waals surface area contributed by atoms with Gasteiger partial charge in [0.05, 0.1) is 0 Å². The number of amides is 1. The van der Waals surface area contributed by atoms with Crippen LogP contribution in [0.2, 0.25) is 0 Å². The van der Waals surface area contributed by atoms with Crippen LogP contribution in [0, 0.1) is 0 Å². The molecule has 25 heavy (non-hydrogen) atoms. The van der Waals surface area contributed by atoms with Crippen LogP contribution in [0.4, 0.5) is 5.69 Å². The number of piperazine rings is 1. The number of pyridine rings is 1. The van der Waals surface area contributed by atoms with E-state index in [0.29, 0.717) is 5.69 Å². The van der Waals surface area contributed by atoms with Crippen molar-refractivity contribution in [3.8, 4) is 0 Å². The molecule has 1 amide bonds. The van der Waals surface area contributed by atoms with Crippen LogP contribution in [0.5, 0.6) is 0 Å². The largest absolute Gasteiger partial charge is 0.370 e. The smallest absolute Gasteiger partial charge is 0.272 e. The molecule has 0 atom stereocenters. The fourth-order valence-corrected chi connectivity index (χ4v) is 3.15. The third-order valence-corrected chi connectivity index (χ3v) is 4.77. The molecule has 0 spiro atoms. The van der Waals surface area contributed by atoms with Crippen molar-refractivity contribution in [2.45, 2.75) is 13.5 Å². The lowest BCUT2D eigenvalue weighted by Gasteiger charge is -2.34. The standard InChI is InChI=1S/C20H26N4O/c1-3-23-11-13-24(14-12-23)20(25)19-15-18(9-10-21-19)22(2)16-17-7-5-4-6-8-17/h4-10,15H,3,11-14,16H2,1-2H3. The fraction of sp³-hybridized carbons (Fsp3) is 0.400. The second-order valence-electron chi connectivity index (χ2n) is 6.47. The van der Waals surface area contributed by atoms with Gasteiger partial charge < -0.3 is 14.7 Å². The van der Waals surface area contributed by atoms with E-state index >= 15 is 0 Å². The minimum absolute atomic E-state index is 0.0331. The maximum Gasteiger partial charge on any atom is 0.272 e. The highest BCUT2D eigenvalue weighted by Gasteiger charge is 2.22. The molecule has 0 saturated carbocycles. The van der Waals surface area contributed by atoms with E-state index in [2.05, 4.69) is 33.8 Å². The molecule has 3 rings (SSSR count). The van der Waals surface area contributed by atoms with E-state index in [-0.39, 0.29) is 5.91 Å². The number of benzene rings is 1. The van der Waals surface area contributed by atoms with Crippen molar-refractivity contribution in [3.05, 3.63) is 59.9 Å². The maximum absolute atomic E-state index is 12.8. The number of carbonyl (C=O) groups is 1. The van der Waals surface area contributed by atoms with Crippen molar-refractivity contribution in [1.82, 2.24) is 14.8 Å². The molecule has 1 aromatic carbocycles. The number of hydrogen-bond donors (Lipinski definition) is 0. The summed E-state index contributed by atoms with van der Waals surface area (Å²) in [6, 6.07) is 14.2. The molecular weight excluding hydrogens is 312 g/mol. The third kappa shape index (κ3) is 4.37. The van der Waals surface area contributed by atoms with E-state index in [1.165, 1.54) is 5.56 Å². The monoisotopic (exact) mass is 338 g/mol. The minimum Gasteiger partial charge on any atom is -0.370 e. The summed E-state index contributed by atoms with van der Waals surface area (Å²) in [6.07, 6.45) is 1.73. The number of carbonyl (C=O) groups excluding carboxylic acids is 1. The third-order valence-electron chi connectivity index (χ3n) is 4.77. The van der Waals surface area contributed by atoms with Crippen LogP contribution >= 0.6 is 0 Å². The molecule has 0 bridgehead atoms. The van der Waals surface area contributed by atoms with Gasteiger partial charge in [0.2, 0.25) is 0 Å². The normalized spacial score (nSPS) is 15.2. The summed E-state index contributed by atoms with van der Waals surface area (Å²) in [5.41, 5.74) is 2.78. The highest BCUT2D eigenvalue weighted by molar-refractivity contribution is 5.93. The number of rotatable bonds is 5. The lowest BCUT2D eigenvalue weighted by atomic mass is 10.2. The number of anilines is 1. The van der Waals surface area contributed by atoms with Crippen molar-refractivity contribution < 1.29 is 4.79 Å². The van der Waals surface area contributed by atoms with E-state index in [4.69, 9.17) is 0 Å². The van der Waals surface area contributed by atoms with E-state index in [0.717, 1.165) is 45.0 Å². The van der Waals surface area contributed by atoms with Crippen LogP contribution < -0.4 is 4.90 Å². The summed E-state index contributed by atoms with van der Waals surface area (Å²) in [4.78, 5) is 23.5. The molecular formula is C20H26N4O. The summed E-state index contributed by atoms with van der Waals surface area (Å²) >= 11 is 0. The van der Waals surface area contributed by atoms with Gasteiger partial charge in [0, 0.05) is 51.7 Å². The number of likely N-dealkylation sites (N-methyl/N-ethyl adjacent to an activating group) is 1. The highest BCUT2D eigenvalue weighted by atomic mass is 16.2. The van der Waals surface area contributed by atoms with Crippen molar-refractivity contribution in [3.63, 3.8) is 0 Å². The zero-order chi connectivity index (χ0) is 17.6. The van der Waals surface area contributed by atoms with E-state index in [9.17, 15) is 4.79 Å². The predicted octanol–water partition coefficient (Wildman–Crippen LogP) is 2.50. The van der Waals surface area contributed by atoms with E-state index < -0.39 is 0 Å². The molecule has 1 saturated heterocycles. The van der Waals surface area contributed by atoms with Crippen LogP contribution in [-0.4, -0.2) is 60.5 Å². The zero-order valence-corrected chi connectivity index (χ0v) is 15.1. The second-order valence-corrected chi connectivity index (χ2v) is 6.47. The minimum atomic E-state index is 0.0331. The molecule has 0 radical (unpaired) electrons. The van der Waals surface area contributed by atoms with Gasteiger partial charge in [0.25, 0.3) is 5.91 Å². The molecule has 0 N–H and O–H groups in total. The van der Waals surface area contributed by atoms with E-state index in [1.54, 1.807) is 6.20 Å². The van der Waals surface area contributed by atoms with Gasteiger partial charge in [0.1, 0.15) is 5.69 Å². The van der Waals surface area contributed by atoms with Crippen LogP contribution in [0.3, 0.4) is 0 Å². The maximum atomic E-state index is 12.8. The molecule has 2 heterocycles. The summed E-state index contributed by atoms with van der Waals surface area (Å²) < 4.78 is 0. The average Bonchev–Trinajstić information content (AvgIpc) is 2.68. The zero-order valence-electron chi connectivity index (χ0n) is 15.1. The molecule has 2 aromatic rings. The van der Waals surface area contributed by atoms with Gasteiger partial charge in [-0.15, -0.1) is 0 Å². The number of hydrogen-bond acceptors (Lipinski definition) is 4. The van der Waals surface area contributed by atoms with Gasteiger partial charge in [-0.3, -0.25) is 9.78 Å². The van der Waals surface area contributed by atoms with Crippen LogP contribution in [0.15, 0.2) is 48.7 Å². The lowest BCUT2D eigenvalue weighted by Crippen LogP contribution is -2.48. The molecule has 132 valence electrons. The second kappa shape index (κ2) is 8.12. The Morgan fingerprint density at radius 1 is 1.12 bits per heavy atom. The highest BCUT2D eigenvalue weighted by Crippen LogP contribution is 2.17. The molecule has 0 unspecified atom stereocenters. The number of nitrogens with zero attached hydrogens (tertiary/aromatic N) is 4. The first-order valence-electron chi connectivity index (χ1n) is 8.90. The molecule has 5 heteroatoms. The molecule has 1 aliphatic heterocycles. The van der Waals surface area contributed by atoms with Crippen molar-refractivity contribution in [2.75, 3.05) is 44.7 Å². The summed E-state index contributed by atoms with van der Waals surface area (Å²) in [5, 5.41) is 0. The Labute approximate surface area is 149 Å². The first-order valence-corrected chi connectivity index (χ1v) is 8.90. The summed E-state index contributed by atoms with van der Waals surface area (Å²) in [7, 11) is 2.04. The Kier molecular flexibility index (Phi) is 5.66. The fourth-order valence-electron chi connectivity index (χ4n) is 3.15. The molecule has 0 aliphatic carbocycles. The van der Waals surface area contributed by atoms with Gasteiger partial charge in [-0.2, -0.15) is 0 Å². The first-order chi connectivity index (χ1) is 12.2. The Morgan fingerprint density at radius 3 is 2.52 bits per heavy atom. The van der Waals surface area contributed by atoms with Crippen molar-refractivity contribution in [2.24, 2.45) is 0 Å². The topological polar surface area (TPSA) is 39.7 Å². The number of aromatic nitrogens is 1. The Balaban J connectivity index is 1.67. The molecule has 1 aliphatic rings. The predicted molar refractivity (Wildman–Crippen MR) is 101 cm³/mol. The van der Waals surface area contributed by atoms with Crippen molar-refractivity contribution in [1.29, 1.82) is 0 Å². The van der Waals surface area contributed by atoms with Gasteiger partial charge in [0.15, 0.2) is 0 Å². The van der Waals surface area contributed by atoms with Crippen LogP contribution in [0.25, 0.3) is 0 Å².